The minimum Gasteiger partial charge on any atom is -0.508 e. The fourth-order valence-corrected chi connectivity index (χ4v) is 5.82. The molecule has 0 fully saturated rings. The molecule has 0 saturated heterocycles. The van der Waals surface area contributed by atoms with Crippen LogP contribution in [0.5, 0.6) is 5.75 Å². The lowest BCUT2D eigenvalue weighted by Gasteiger charge is -2.38. The van der Waals surface area contributed by atoms with Crippen molar-refractivity contribution in [2.45, 2.75) is 56.4 Å². The van der Waals surface area contributed by atoms with Crippen molar-refractivity contribution in [3.05, 3.63) is 137 Å². The molecule has 4 aromatic rings. The van der Waals surface area contributed by atoms with Gasteiger partial charge in [-0.2, -0.15) is 0 Å². The summed E-state index contributed by atoms with van der Waals surface area (Å²) in [5, 5.41) is 25.0. The molecule has 0 bridgehead atoms. The minimum absolute atomic E-state index is 0.0640. The van der Waals surface area contributed by atoms with Gasteiger partial charge in [0.15, 0.2) is 0 Å². The number of nitrogens with one attached hydrogen (secondary N) is 2. The van der Waals surface area contributed by atoms with Crippen LogP contribution < -0.4 is 16.4 Å². The van der Waals surface area contributed by atoms with Gasteiger partial charge in [-0.3, -0.25) is 14.4 Å². The highest BCUT2D eigenvalue weighted by atomic mass is 16.4. The maximum Gasteiger partial charge on any atom is 0.326 e. The molecule has 242 valence electrons. The van der Waals surface area contributed by atoms with Gasteiger partial charge in [0.05, 0.1) is 6.04 Å². The molecule has 1 unspecified atom stereocenters. The van der Waals surface area contributed by atoms with Gasteiger partial charge in [0.1, 0.15) is 23.9 Å². The molecule has 6 N–H and O–H groups in total. The van der Waals surface area contributed by atoms with E-state index in [1.807, 2.05) is 60.7 Å². The fourth-order valence-electron chi connectivity index (χ4n) is 5.82. The average Bonchev–Trinajstić information content (AvgIpc) is 3.08. The third-order valence-electron chi connectivity index (χ3n) is 8.36. The largest absolute Gasteiger partial charge is 0.508 e. The van der Waals surface area contributed by atoms with E-state index in [-0.39, 0.29) is 38.0 Å². The number of benzene rings is 4. The first-order valence-corrected chi connectivity index (χ1v) is 15.5. The van der Waals surface area contributed by atoms with Crippen LogP contribution in [-0.4, -0.2) is 63.0 Å². The Bertz CT molecular complexity index is 1700. The monoisotopic (exact) mass is 634 g/mol. The number of hydrogen-bond acceptors (Lipinski definition) is 6. The van der Waals surface area contributed by atoms with Gasteiger partial charge in [-0.15, -0.1) is 0 Å². The standard InChI is InChI=1S/C37H38N4O6/c38-30(19-26-15-17-29(42)18-16-26)36(45)41-23-28-14-8-7-13-27(28)22-33(41)35(44)39-31(20-24-9-3-1-4-10-24)34(43)40-32(37(46)47)21-25-11-5-2-6-12-25/h1-18,30-33,42H,19-23,38H2,(H,39,44)(H,40,43)(H,46,47)/t30-,31-,32-,33?/m0/s1. The number of rotatable bonds is 12. The van der Waals surface area contributed by atoms with Crippen LogP contribution in [0.1, 0.15) is 27.8 Å². The number of carbonyl (C=O) groups is 4. The molecule has 3 amide bonds. The Morgan fingerprint density at radius 2 is 1.23 bits per heavy atom. The third kappa shape index (κ3) is 8.62. The van der Waals surface area contributed by atoms with Crippen molar-refractivity contribution in [3.8, 4) is 5.75 Å². The number of aliphatic carboxylic acids is 1. The number of aromatic hydroxyl groups is 1. The summed E-state index contributed by atoms with van der Waals surface area (Å²) in [6.07, 6.45) is 0.579. The summed E-state index contributed by atoms with van der Waals surface area (Å²) in [6.45, 7) is 0.157. The van der Waals surface area contributed by atoms with Crippen molar-refractivity contribution < 1.29 is 29.4 Å². The molecule has 10 nitrogen and oxygen atoms in total. The van der Waals surface area contributed by atoms with Crippen molar-refractivity contribution in [1.82, 2.24) is 15.5 Å². The second-order valence-electron chi connectivity index (χ2n) is 11.8. The topological polar surface area (TPSA) is 162 Å². The summed E-state index contributed by atoms with van der Waals surface area (Å²) < 4.78 is 0. The lowest BCUT2D eigenvalue weighted by molar-refractivity contribution is -0.144. The molecule has 4 aromatic carbocycles. The van der Waals surface area contributed by atoms with Gasteiger partial charge >= 0.3 is 5.97 Å². The average molecular weight is 635 g/mol. The quantitative estimate of drug-likeness (QED) is 0.160. The van der Waals surface area contributed by atoms with Gasteiger partial charge in [0, 0.05) is 25.8 Å². The predicted molar refractivity (Wildman–Crippen MR) is 176 cm³/mol. The van der Waals surface area contributed by atoms with Crippen LogP contribution in [0.4, 0.5) is 0 Å². The molecule has 5 rings (SSSR count). The van der Waals surface area contributed by atoms with E-state index in [9.17, 15) is 29.4 Å². The maximum atomic E-state index is 14.1. The number of carboxylic acids is 1. The van der Waals surface area contributed by atoms with E-state index in [1.165, 1.54) is 17.0 Å². The van der Waals surface area contributed by atoms with E-state index in [2.05, 4.69) is 10.6 Å². The van der Waals surface area contributed by atoms with Crippen molar-refractivity contribution in [2.24, 2.45) is 5.73 Å². The molecule has 0 spiro atoms. The highest BCUT2D eigenvalue weighted by molar-refractivity contribution is 5.94. The zero-order valence-corrected chi connectivity index (χ0v) is 25.8. The lowest BCUT2D eigenvalue weighted by Crippen LogP contribution is -2.60. The van der Waals surface area contributed by atoms with Crippen molar-refractivity contribution in [3.63, 3.8) is 0 Å². The Morgan fingerprint density at radius 3 is 1.83 bits per heavy atom. The molecule has 1 aliphatic rings. The number of phenols is 1. The Labute approximate surface area is 273 Å². The summed E-state index contributed by atoms with van der Waals surface area (Å²) in [5.41, 5.74) is 10.4. The molecule has 1 heterocycles. The highest BCUT2D eigenvalue weighted by Gasteiger charge is 2.38. The van der Waals surface area contributed by atoms with Crippen LogP contribution in [0, 0.1) is 0 Å². The normalized spacial score (nSPS) is 15.9. The number of fused-ring (bicyclic) bond motifs is 1. The second kappa shape index (κ2) is 15.2. The Hall–Kier alpha value is -5.48. The first kappa shape index (κ1) is 32.9. The van der Waals surface area contributed by atoms with E-state index in [4.69, 9.17) is 5.73 Å². The zero-order valence-electron chi connectivity index (χ0n) is 25.8. The summed E-state index contributed by atoms with van der Waals surface area (Å²) in [4.78, 5) is 55.2. The van der Waals surface area contributed by atoms with Gasteiger partial charge in [-0.05, 0) is 46.4 Å². The number of carboxylic acid groups (broad SMARTS) is 1. The molecule has 1 aliphatic heterocycles. The van der Waals surface area contributed by atoms with Gasteiger partial charge in [0.2, 0.25) is 17.7 Å². The predicted octanol–water partition coefficient (Wildman–Crippen LogP) is 2.76. The molecule has 4 atom stereocenters. The van der Waals surface area contributed by atoms with E-state index >= 15 is 0 Å². The van der Waals surface area contributed by atoms with Crippen LogP contribution >= 0.6 is 0 Å². The Balaban J connectivity index is 1.38. The zero-order chi connectivity index (χ0) is 33.3. The SMILES string of the molecule is N[C@@H](Cc1ccc(O)cc1)C(=O)N1Cc2ccccc2CC1C(=O)N[C@@H](Cc1ccccc1)C(=O)N[C@@H](Cc1ccccc1)C(=O)O. The first-order valence-electron chi connectivity index (χ1n) is 15.5. The van der Waals surface area contributed by atoms with Crippen molar-refractivity contribution >= 4 is 23.7 Å². The van der Waals surface area contributed by atoms with Crippen LogP contribution in [-0.2, 0) is 51.4 Å². The van der Waals surface area contributed by atoms with E-state index < -0.39 is 47.9 Å². The second-order valence-corrected chi connectivity index (χ2v) is 11.8. The summed E-state index contributed by atoms with van der Waals surface area (Å²) in [6, 6.07) is 27.8. The number of nitrogens with two attached hydrogens (primary N) is 1. The molecule has 0 aliphatic carbocycles. The molecular weight excluding hydrogens is 596 g/mol. The molecule has 0 aromatic heterocycles. The van der Waals surface area contributed by atoms with Gasteiger partial charge in [-0.1, -0.05) is 97.1 Å². The Kier molecular flexibility index (Phi) is 10.6. The smallest absolute Gasteiger partial charge is 0.326 e. The van der Waals surface area contributed by atoms with Crippen molar-refractivity contribution in [1.29, 1.82) is 0 Å². The fraction of sp³-hybridized carbons (Fsp3) is 0.243. The maximum absolute atomic E-state index is 14.1. The number of carbonyl (C=O) groups excluding carboxylic acids is 3. The summed E-state index contributed by atoms with van der Waals surface area (Å²) in [7, 11) is 0. The summed E-state index contributed by atoms with van der Waals surface area (Å²) >= 11 is 0. The number of amides is 3. The lowest BCUT2D eigenvalue weighted by atomic mass is 9.92. The van der Waals surface area contributed by atoms with E-state index in [1.54, 1.807) is 36.4 Å². The first-order chi connectivity index (χ1) is 22.7. The molecule has 10 heteroatoms. The molecular formula is C37H38N4O6. The van der Waals surface area contributed by atoms with Crippen molar-refractivity contribution in [2.75, 3.05) is 0 Å². The van der Waals surface area contributed by atoms with Crippen LogP contribution in [0.15, 0.2) is 109 Å². The van der Waals surface area contributed by atoms with Crippen LogP contribution in [0.2, 0.25) is 0 Å². The van der Waals surface area contributed by atoms with Gasteiger partial charge < -0.3 is 31.5 Å². The highest BCUT2D eigenvalue weighted by Crippen LogP contribution is 2.25. The van der Waals surface area contributed by atoms with E-state index in [0.29, 0.717) is 0 Å². The number of hydrogen-bond donors (Lipinski definition) is 5. The summed E-state index contributed by atoms with van der Waals surface area (Å²) in [5.74, 6) is -2.72. The van der Waals surface area contributed by atoms with Crippen LogP contribution in [0.25, 0.3) is 0 Å². The molecule has 0 radical (unpaired) electrons. The molecule has 47 heavy (non-hydrogen) atoms. The van der Waals surface area contributed by atoms with Gasteiger partial charge in [0.25, 0.3) is 0 Å². The molecule has 0 saturated carbocycles. The van der Waals surface area contributed by atoms with Gasteiger partial charge in [-0.25, -0.2) is 4.79 Å². The minimum atomic E-state index is -1.22. The number of nitrogens with zero attached hydrogens (tertiary/aromatic N) is 1. The Morgan fingerprint density at radius 1 is 0.702 bits per heavy atom. The number of phenolic OH excluding ortho intramolecular Hbond substituents is 1. The third-order valence-corrected chi connectivity index (χ3v) is 8.36. The van der Waals surface area contributed by atoms with E-state index in [0.717, 1.165) is 27.8 Å². The van der Waals surface area contributed by atoms with Crippen LogP contribution in [0.3, 0.4) is 0 Å².